The molecule has 98 valence electrons. The molecular weight excluding hydrogens is 280 g/mol. The first-order chi connectivity index (χ1) is 9.76. The summed E-state index contributed by atoms with van der Waals surface area (Å²) in [6, 6.07) is 10.3. The van der Waals surface area contributed by atoms with Gasteiger partial charge in [-0.25, -0.2) is 0 Å². The molecule has 2 rings (SSSR count). The van der Waals surface area contributed by atoms with E-state index in [4.69, 9.17) is 26.6 Å². The fraction of sp³-hybridized carbons (Fsp3) is 0.0833. The summed E-state index contributed by atoms with van der Waals surface area (Å²) in [6.45, 7) is 0. The summed E-state index contributed by atoms with van der Waals surface area (Å²) in [4.78, 5) is 4.09. The number of anilines is 1. The Morgan fingerprint density at radius 1 is 1.40 bits per heavy atom. The summed E-state index contributed by atoms with van der Waals surface area (Å²) >= 11 is 5.59. The third kappa shape index (κ3) is 3.10. The molecule has 0 aliphatic rings. The number of aromatic nitrogens is 2. The second kappa shape index (κ2) is 6.32. The molecule has 8 heteroatoms. The van der Waals surface area contributed by atoms with Crippen molar-refractivity contribution in [2.24, 2.45) is 5.10 Å². The summed E-state index contributed by atoms with van der Waals surface area (Å²) in [5, 5.41) is 24.6. The number of alkyl halides is 1. The van der Waals surface area contributed by atoms with Gasteiger partial charge in [0.2, 0.25) is 17.4 Å². The zero-order valence-corrected chi connectivity index (χ0v) is 10.8. The van der Waals surface area contributed by atoms with Gasteiger partial charge in [-0.15, -0.1) is 11.6 Å². The maximum atomic E-state index is 8.58. The third-order valence-corrected chi connectivity index (χ3v) is 2.44. The van der Waals surface area contributed by atoms with Crippen LogP contribution in [0.2, 0.25) is 0 Å². The lowest BCUT2D eigenvalue weighted by atomic mass is 10.2. The number of hydrazone groups is 1. The number of benzene rings is 1. The van der Waals surface area contributed by atoms with Crippen LogP contribution in [-0.4, -0.2) is 15.9 Å². The fourth-order valence-corrected chi connectivity index (χ4v) is 1.46. The Bertz CT molecular complexity index is 708. The Balaban J connectivity index is 2.23. The highest BCUT2D eigenvalue weighted by atomic mass is 35.5. The van der Waals surface area contributed by atoms with Crippen LogP contribution in [0.5, 0.6) is 0 Å². The number of hydrogen-bond donors (Lipinski definition) is 1. The van der Waals surface area contributed by atoms with Gasteiger partial charge in [0, 0.05) is 5.56 Å². The molecule has 0 fully saturated rings. The van der Waals surface area contributed by atoms with Gasteiger partial charge in [0.05, 0.1) is 5.69 Å². The molecule has 0 radical (unpaired) electrons. The molecule has 7 nitrogen and oxygen atoms in total. The SMILES string of the molecule is N#CC(C#N)=NNc1cccc(-c2noc(CCl)n2)c1. The maximum absolute atomic E-state index is 8.58. The fourth-order valence-electron chi connectivity index (χ4n) is 1.35. The molecule has 20 heavy (non-hydrogen) atoms. The molecule has 1 N–H and O–H groups in total. The van der Waals surface area contributed by atoms with E-state index in [-0.39, 0.29) is 11.6 Å². The van der Waals surface area contributed by atoms with E-state index in [2.05, 4.69) is 20.7 Å². The van der Waals surface area contributed by atoms with Gasteiger partial charge in [-0.3, -0.25) is 5.43 Å². The molecule has 0 saturated carbocycles. The minimum atomic E-state index is -0.264. The third-order valence-electron chi connectivity index (χ3n) is 2.21. The number of nitriles is 2. The van der Waals surface area contributed by atoms with Crippen molar-refractivity contribution in [2.45, 2.75) is 5.88 Å². The van der Waals surface area contributed by atoms with Crippen LogP contribution in [0.1, 0.15) is 5.89 Å². The lowest BCUT2D eigenvalue weighted by Crippen LogP contribution is -1.96. The Morgan fingerprint density at radius 3 is 2.85 bits per heavy atom. The molecule has 0 unspecified atom stereocenters. The first-order valence-electron chi connectivity index (χ1n) is 5.39. The van der Waals surface area contributed by atoms with E-state index < -0.39 is 0 Å². The predicted molar refractivity (Wildman–Crippen MR) is 71.6 cm³/mol. The molecule has 1 aromatic carbocycles. The molecule has 0 spiro atoms. The molecule has 0 saturated heterocycles. The standard InChI is InChI=1S/C12H7ClN6O/c13-5-11-16-12(19-20-11)8-2-1-3-9(4-8)17-18-10(6-14)7-15/h1-4,17H,5H2. The Morgan fingerprint density at radius 2 is 2.20 bits per heavy atom. The van der Waals surface area contributed by atoms with Crippen LogP contribution in [0.15, 0.2) is 33.9 Å². The van der Waals surface area contributed by atoms with E-state index in [0.29, 0.717) is 23.0 Å². The molecule has 1 heterocycles. The summed E-state index contributed by atoms with van der Waals surface area (Å²) in [6.07, 6.45) is 0. The lowest BCUT2D eigenvalue weighted by Gasteiger charge is -2.01. The van der Waals surface area contributed by atoms with Gasteiger partial charge in [-0.2, -0.15) is 20.6 Å². The molecule has 0 bridgehead atoms. The van der Waals surface area contributed by atoms with E-state index in [0.717, 1.165) is 0 Å². The number of nitrogens with one attached hydrogen (secondary N) is 1. The first kappa shape index (κ1) is 13.5. The number of nitrogens with zero attached hydrogens (tertiary/aromatic N) is 5. The van der Waals surface area contributed by atoms with Crippen LogP contribution in [0.3, 0.4) is 0 Å². The molecule has 0 aliphatic carbocycles. The first-order valence-corrected chi connectivity index (χ1v) is 5.93. The van der Waals surface area contributed by atoms with Gasteiger partial charge < -0.3 is 4.52 Å². The molecular formula is C12H7ClN6O. The monoisotopic (exact) mass is 286 g/mol. The van der Waals surface area contributed by atoms with Crippen LogP contribution < -0.4 is 5.43 Å². The molecule has 0 amide bonds. The normalized spacial score (nSPS) is 9.35. The maximum Gasteiger partial charge on any atom is 0.241 e. The number of rotatable bonds is 4. The van der Waals surface area contributed by atoms with Crippen molar-refractivity contribution in [3.63, 3.8) is 0 Å². The van der Waals surface area contributed by atoms with Crippen molar-refractivity contribution in [1.82, 2.24) is 10.1 Å². The van der Waals surface area contributed by atoms with Crippen molar-refractivity contribution in [3.05, 3.63) is 30.2 Å². The second-order valence-corrected chi connectivity index (χ2v) is 3.79. The van der Waals surface area contributed by atoms with E-state index >= 15 is 0 Å². The van der Waals surface area contributed by atoms with Gasteiger partial charge >= 0.3 is 0 Å². The average Bonchev–Trinajstić information content (AvgIpc) is 2.97. The van der Waals surface area contributed by atoms with Crippen molar-refractivity contribution >= 4 is 23.0 Å². The zero-order chi connectivity index (χ0) is 14.4. The summed E-state index contributed by atoms with van der Waals surface area (Å²) in [5.41, 5.74) is 3.62. The summed E-state index contributed by atoms with van der Waals surface area (Å²) < 4.78 is 4.91. The van der Waals surface area contributed by atoms with E-state index in [1.165, 1.54) is 0 Å². The van der Waals surface area contributed by atoms with Gasteiger partial charge in [-0.05, 0) is 12.1 Å². The van der Waals surface area contributed by atoms with E-state index in [9.17, 15) is 0 Å². The highest BCUT2D eigenvalue weighted by Gasteiger charge is 2.08. The van der Waals surface area contributed by atoms with Crippen LogP contribution in [-0.2, 0) is 5.88 Å². The minimum Gasteiger partial charge on any atom is -0.338 e. The van der Waals surface area contributed by atoms with Crippen molar-refractivity contribution in [3.8, 4) is 23.5 Å². The number of hydrogen-bond acceptors (Lipinski definition) is 7. The molecule has 0 aliphatic heterocycles. The summed E-state index contributed by atoms with van der Waals surface area (Å²) in [7, 11) is 0. The van der Waals surface area contributed by atoms with Crippen LogP contribution in [0.25, 0.3) is 11.4 Å². The highest BCUT2D eigenvalue weighted by Crippen LogP contribution is 2.20. The summed E-state index contributed by atoms with van der Waals surface area (Å²) in [5.74, 6) is 0.867. The van der Waals surface area contributed by atoms with Gasteiger partial charge in [0.25, 0.3) is 0 Å². The van der Waals surface area contributed by atoms with Gasteiger partial charge in [0.15, 0.2) is 0 Å². The van der Waals surface area contributed by atoms with Gasteiger partial charge in [-0.1, -0.05) is 17.3 Å². The van der Waals surface area contributed by atoms with E-state index in [1.807, 2.05) is 0 Å². The molecule has 0 atom stereocenters. The van der Waals surface area contributed by atoms with Crippen molar-refractivity contribution < 1.29 is 4.52 Å². The Hall–Kier alpha value is -2.90. The molecule has 2 aromatic rings. The van der Waals surface area contributed by atoms with E-state index in [1.54, 1.807) is 36.4 Å². The number of halogens is 1. The van der Waals surface area contributed by atoms with Crippen LogP contribution in [0.4, 0.5) is 5.69 Å². The predicted octanol–water partition coefficient (Wildman–Crippen LogP) is 2.29. The van der Waals surface area contributed by atoms with Crippen molar-refractivity contribution in [1.29, 1.82) is 10.5 Å². The molecule has 1 aromatic heterocycles. The highest BCUT2D eigenvalue weighted by molar-refractivity contribution is 6.16. The zero-order valence-electron chi connectivity index (χ0n) is 10.0. The van der Waals surface area contributed by atoms with Crippen molar-refractivity contribution in [2.75, 3.05) is 5.43 Å². The Kier molecular flexibility index (Phi) is 4.28. The van der Waals surface area contributed by atoms with Crippen LogP contribution in [0, 0.1) is 22.7 Å². The Labute approximate surface area is 119 Å². The quantitative estimate of drug-likeness (QED) is 0.524. The van der Waals surface area contributed by atoms with Gasteiger partial charge in [0.1, 0.15) is 18.0 Å². The second-order valence-electron chi connectivity index (χ2n) is 3.52. The minimum absolute atomic E-state index is 0.142. The topological polar surface area (TPSA) is 111 Å². The smallest absolute Gasteiger partial charge is 0.241 e. The lowest BCUT2D eigenvalue weighted by molar-refractivity contribution is 0.391. The largest absolute Gasteiger partial charge is 0.338 e. The average molecular weight is 287 g/mol. The van der Waals surface area contributed by atoms with Crippen LogP contribution >= 0.6 is 11.6 Å².